The van der Waals surface area contributed by atoms with Gasteiger partial charge >= 0.3 is 0 Å². The monoisotopic (exact) mass is 802 g/mol. The van der Waals surface area contributed by atoms with Gasteiger partial charge in [0.25, 0.3) is 0 Å². The lowest BCUT2D eigenvalue weighted by atomic mass is 10.1. The average molecular weight is 803 g/mol. The second kappa shape index (κ2) is 19.6. The summed E-state index contributed by atoms with van der Waals surface area (Å²) in [6, 6.07) is 19.9. The molecule has 0 spiro atoms. The van der Waals surface area contributed by atoms with Crippen molar-refractivity contribution in [2.24, 2.45) is 0 Å². The van der Waals surface area contributed by atoms with E-state index in [0.717, 1.165) is 11.1 Å². The molecule has 16 heteroatoms. The Morgan fingerprint density at radius 1 is 0.618 bits per heavy atom. The number of hydrogen-bond donors (Lipinski definition) is 1. The molecule has 4 rings (SSSR count). The molecule has 300 valence electrons. The fourth-order valence-electron chi connectivity index (χ4n) is 5.74. The Labute approximate surface area is 324 Å². The van der Waals surface area contributed by atoms with Crippen LogP contribution in [0.15, 0.2) is 82.6 Å². The van der Waals surface area contributed by atoms with Gasteiger partial charge in [0.15, 0.2) is 35.6 Å². The number of methoxy groups -OCH3 is 7. The minimum absolute atomic E-state index is 0.0730. The van der Waals surface area contributed by atoms with Gasteiger partial charge in [-0.2, -0.15) is 4.31 Å². The molecule has 0 aliphatic carbocycles. The highest BCUT2D eigenvalue weighted by Gasteiger charge is 2.29. The van der Waals surface area contributed by atoms with Crippen molar-refractivity contribution in [3.8, 4) is 28.7 Å². The maximum atomic E-state index is 13.9. The Hall–Kier alpha value is -4.26. The van der Waals surface area contributed by atoms with E-state index < -0.39 is 32.6 Å². The van der Waals surface area contributed by atoms with E-state index >= 15 is 0 Å². The van der Waals surface area contributed by atoms with Gasteiger partial charge in [-0.25, -0.2) is 21.6 Å². The van der Waals surface area contributed by atoms with Crippen LogP contribution in [0.5, 0.6) is 28.7 Å². The van der Waals surface area contributed by atoms with Crippen molar-refractivity contribution in [2.45, 2.75) is 55.7 Å². The molecular formula is C39H50N2O12S2. The van der Waals surface area contributed by atoms with Gasteiger partial charge in [-0.3, -0.25) is 0 Å². The summed E-state index contributed by atoms with van der Waals surface area (Å²) in [5.74, 6) is 1.17. The molecule has 0 bridgehead atoms. The summed E-state index contributed by atoms with van der Waals surface area (Å²) < 4.78 is 104. The predicted octanol–water partition coefficient (Wildman–Crippen LogP) is 5.57. The topological polar surface area (TPSA) is 157 Å². The van der Waals surface area contributed by atoms with E-state index in [1.54, 1.807) is 72.8 Å². The average Bonchev–Trinajstić information content (AvgIpc) is 3.17. The largest absolute Gasteiger partial charge is 0.493 e. The van der Waals surface area contributed by atoms with Crippen molar-refractivity contribution in [3.63, 3.8) is 0 Å². The summed E-state index contributed by atoms with van der Waals surface area (Å²) in [5.41, 5.74) is 3.25. The number of benzene rings is 4. The zero-order valence-electron chi connectivity index (χ0n) is 32.6. The van der Waals surface area contributed by atoms with E-state index in [-0.39, 0.29) is 53.1 Å². The number of aryl methyl sites for hydroxylation is 2. The van der Waals surface area contributed by atoms with Crippen molar-refractivity contribution in [3.05, 3.63) is 101 Å². The summed E-state index contributed by atoms with van der Waals surface area (Å²) in [7, 11) is 2.11. The number of rotatable bonds is 21. The lowest BCUT2D eigenvalue weighted by Crippen LogP contribution is -2.38. The molecule has 0 heterocycles. The Morgan fingerprint density at radius 3 is 1.84 bits per heavy atom. The molecular weight excluding hydrogens is 753 g/mol. The summed E-state index contributed by atoms with van der Waals surface area (Å²) in [5, 5.41) is 0. The first-order valence-electron chi connectivity index (χ1n) is 17.1. The maximum absolute atomic E-state index is 13.9. The SMILES string of the molecule is COc1ccc(CN(CC(OC)OC)S(=O)(=O)c2ccc(C)cc2)cc1Oc1c(CNS(=O)(=O)c2ccc(C)cc2CC(OC)OC)ccc(OC)c1OC. The van der Waals surface area contributed by atoms with Crippen LogP contribution in [0.2, 0.25) is 0 Å². The number of ether oxygens (including phenoxy) is 8. The van der Waals surface area contributed by atoms with Gasteiger partial charge in [-0.05, 0) is 61.4 Å². The van der Waals surface area contributed by atoms with Crippen LogP contribution in [-0.4, -0.2) is 90.0 Å². The van der Waals surface area contributed by atoms with Gasteiger partial charge in [0.1, 0.15) is 0 Å². The highest BCUT2D eigenvalue weighted by Crippen LogP contribution is 2.44. The van der Waals surface area contributed by atoms with E-state index in [2.05, 4.69) is 4.72 Å². The van der Waals surface area contributed by atoms with Crippen LogP contribution in [-0.2, 0) is 58.5 Å². The fraction of sp³-hybridized carbons (Fsp3) is 0.385. The van der Waals surface area contributed by atoms with E-state index in [1.807, 2.05) is 13.8 Å². The lowest BCUT2D eigenvalue weighted by molar-refractivity contribution is -0.108. The van der Waals surface area contributed by atoms with Crippen LogP contribution in [0.3, 0.4) is 0 Å². The first-order valence-corrected chi connectivity index (χ1v) is 20.0. The molecule has 1 N–H and O–H groups in total. The first-order chi connectivity index (χ1) is 26.2. The molecule has 0 aliphatic rings. The van der Waals surface area contributed by atoms with Crippen LogP contribution in [0.25, 0.3) is 0 Å². The van der Waals surface area contributed by atoms with Crippen LogP contribution in [0.4, 0.5) is 0 Å². The van der Waals surface area contributed by atoms with Gasteiger partial charge in [-0.15, -0.1) is 0 Å². The van der Waals surface area contributed by atoms with Crippen molar-refractivity contribution < 1.29 is 54.7 Å². The molecule has 0 amide bonds. The third kappa shape index (κ3) is 10.7. The first kappa shape index (κ1) is 43.5. The highest BCUT2D eigenvalue weighted by molar-refractivity contribution is 7.89. The molecule has 0 fully saturated rings. The van der Waals surface area contributed by atoms with Crippen molar-refractivity contribution in [1.82, 2.24) is 9.03 Å². The highest BCUT2D eigenvalue weighted by atomic mass is 32.2. The Balaban J connectivity index is 1.73. The third-order valence-electron chi connectivity index (χ3n) is 8.79. The summed E-state index contributed by atoms with van der Waals surface area (Å²) in [6.45, 7) is 3.34. The van der Waals surface area contributed by atoms with Crippen LogP contribution in [0.1, 0.15) is 27.8 Å². The molecule has 0 saturated heterocycles. The molecule has 4 aromatic rings. The van der Waals surface area contributed by atoms with E-state index in [9.17, 15) is 16.8 Å². The van der Waals surface area contributed by atoms with E-state index in [4.69, 9.17) is 37.9 Å². The smallest absolute Gasteiger partial charge is 0.243 e. The van der Waals surface area contributed by atoms with E-state index in [0.29, 0.717) is 28.2 Å². The lowest BCUT2D eigenvalue weighted by Gasteiger charge is -2.26. The van der Waals surface area contributed by atoms with E-state index in [1.165, 1.54) is 54.1 Å². The van der Waals surface area contributed by atoms with Gasteiger partial charge in [0.05, 0.1) is 37.7 Å². The summed E-state index contributed by atoms with van der Waals surface area (Å²) in [4.78, 5) is 0.182. The minimum atomic E-state index is -4.08. The van der Waals surface area contributed by atoms with Crippen molar-refractivity contribution in [1.29, 1.82) is 0 Å². The van der Waals surface area contributed by atoms with Crippen molar-refractivity contribution >= 4 is 20.0 Å². The number of hydrogen-bond acceptors (Lipinski definition) is 12. The Bertz CT molecular complexity index is 2100. The summed E-state index contributed by atoms with van der Waals surface area (Å²) in [6.07, 6.45) is -1.30. The Kier molecular flexibility index (Phi) is 15.5. The quantitative estimate of drug-likeness (QED) is 0.105. The van der Waals surface area contributed by atoms with Crippen LogP contribution >= 0.6 is 0 Å². The van der Waals surface area contributed by atoms with Crippen molar-refractivity contribution in [2.75, 3.05) is 56.3 Å². The minimum Gasteiger partial charge on any atom is -0.493 e. The molecule has 0 radical (unpaired) electrons. The fourth-order valence-corrected chi connectivity index (χ4v) is 8.40. The summed E-state index contributed by atoms with van der Waals surface area (Å²) >= 11 is 0. The molecule has 0 aromatic heterocycles. The second-order valence-electron chi connectivity index (χ2n) is 12.4. The molecule has 14 nitrogen and oxygen atoms in total. The standard InChI is InChI=1S/C39H50N2O12S2/c1-26-10-15-31(16-11-26)55(44,45)41(25-37(50-7)51-8)24-28-13-17-32(46-3)34(21-28)53-38-29(14-18-33(47-4)39(38)52-9)23-40-54(42,43)35-19-12-27(2)20-30(35)22-36(48-5)49-6/h10-21,36-37,40H,22-25H2,1-9H3. The van der Waals surface area contributed by atoms with Crippen LogP contribution in [0, 0.1) is 13.8 Å². The normalized spacial score (nSPS) is 12.1. The molecule has 0 unspecified atom stereocenters. The molecule has 4 aromatic carbocycles. The molecule has 0 aliphatic heterocycles. The predicted molar refractivity (Wildman–Crippen MR) is 206 cm³/mol. The zero-order valence-corrected chi connectivity index (χ0v) is 34.2. The zero-order chi connectivity index (χ0) is 40.3. The molecule has 0 atom stereocenters. The molecule has 55 heavy (non-hydrogen) atoms. The van der Waals surface area contributed by atoms with Gasteiger partial charge < -0.3 is 37.9 Å². The Morgan fingerprint density at radius 2 is 1.24 bits per heavy atom. The number of nitrogens with zero attached hydrogens (tertiary/aromatic N) is 1. The van der Waals surface area contributed by atoms with Crippen LogP contribution < -0.4 is 23.7 Å². The van der Waals surface area contributed by atoms with Gasteiger partial charge in [-0.1, -0.05) is 47.5 Å². The second-order valence-corrected chi connectivity index (χ2v) is 16.1. The van der Waals surface area contributed by atoms with Gasteiger partial charge in [0, 0.05) is 53.5 Å². The third-order valence-corrected chi connectivity index (χ3v) is 12.1. The maximum Gasteiger partial charge on any atom is 0.243 e. The number of nitrogens with one attached hydrogen (secondary N) is 1. The van der Waals surface area contributed by atoms with Gasteiger partial charge in [0.2, 0.25) is 25.8 Å². The number of sulfonamides is 2. The molecule has 0 saturated carbocycles.